The molecule has 4 rings (SSSR count). The van der Waals surface area contributed by atoms with Gasteiger partial charge in [0.15, 0.2) is 0 Å². The van der Waals surface area contributed by atoms with E-state index in [1.807, 2.05) is 41.3 Å². The van der Waals surface area contributed by atoms with E-state index in [1.165, 1.54) is 0 Å². The van der Waals surface area contributed by atoms with Crippen molar-refractivity contribution in [2.24, 2.45) is 0 Å². The highest BCUT2D eigenvalue weighted by Gasteiger charge is 2.23. The van der Waals surface area contributed by atoms with E-state index in [1.54, 1.807) is 17.5 Å². The molecule has 6 heteroatoms. The maximum absolute atomic E-state index is 12.7. The van der Waals surface area contributed by atoms with Crippen LogP contribution in [0.3, 0.4) is 0 Å². The van der Waals surface area contributed by atoms with Gasteiger partial charge in [0.25, 0.3) is 5.91 Å². The second kappa shape index (κ2) is 7.02. The second-order valence-electron chi connectivity index (χ2n) is 6.16. The third kappa shape index (κ3) is 3.48. The van der Waals surface area contributed by atoms with Crippen molar-refractivity contribution in [3.8, 4) is 0 Å². The zero-order valence-electron chi connectivity index (χ0n) is 13.7. The van der Waals surface area contributed by atoms with E-state index in [-0.39, 0.29) is 5.91 Å². The fraction of sp³-hybridized carbons (Fsp3) is 0.263. The molecule has 0 saturated carbocycles. The minimum atomic E-state index is 0.0438. The number of anilines is 1. The first-order valence-corrected chi connectivity index (χ1v) is 9.56. The van der Waals surface area contributed by atoms with Gasteiger partial charge in [-0.1, -0.05) is 23.7 Å². The summed E-state index contributed by atoms with van der Waals surface area (Å²) in [6.07, 6.45) is 3.89. The number of carbonyl (C=O) groups excluding carboxylic acids is 1. The minimum Gasteiger partial charge on any atom is -0.373 e. The van der Waals surface area contributed by atoms with E-state index in [4.69, 9.17) is 11.6 Å². The molecule has 0 unspecified atom stereocenters. The van der Waals surface area contributed by atoms with Gasteiger partial charge < -0.3 is 10.2 Å². The van der Waals surface area contributed by atoms with Crippen LogP contribution >= 0.6 is 22.9 Å². The van der Waals surface area contributed by atoms with Gasteiger partial charge in [-0.2, -0.15) is 0 Å². The van der Waals surface area contributed by atoms with Gasteiger partial charge in [0, 0.05) is 40.9 Å². The minimum absolute atomic E-state index is 0.0438. The summed E-state index contributed by atoms with van der Waals surface area (Å²) in [4.78, 5) is 19.0. The molecule has 3 heterocycles. The van der Waals surface area contributed by atoms with Gasteiger partial charge in [-0.3, -0.25) is 9.78 Å². The molecule has 0 aliphatic carbocycles. The van der Waals surface area contributed by atoms with Gasteiger partial charge in [0.1, 0.15) is 5.69 Å². The van der Waals surface area contributed by atoms with Crippen molar-refractivity contribution in [3.63, 3.8) is 0 Å². The van der Waals surface area contributed by atoms with Crippen molar-refractivity contribution in [2.75, 3.05) is 18.4 Å². The van der Waals surface area contributed by atoms with Crippen molar-refractivity contribution in [1.82, 2.24) is 9.88 Å². The molecular weight excluding hydrogens is 354 g/mol. The molecule has 0 atom stereocenters. The quantitative estimate of drug-likeness (QED) is 0.716. The Balaban J connectivity index is 1.57. The highest BCUT2D eigenvalue weighted by Crippen LogP contribution is 2.32. The highest BCUT2D eigenvalue weighted by atomic mass is 35.5. The van der Waals surface area contributed by atoms with Gasteiger partial charge >= 0.3 is 0 Å². The Labute approximate surface area is 155 Å². The summed E-state index contributed by atoms with van der Waals surface area (Å²) in [6.45, 7) is 2.36. The predicted octanol–water partition coefficient (Wildman–Crippen LogP) is 4.80. The topological polar surface area (TPSA) is 45.2 Å². The number of halogens is 1. The number of hydrogen-bond donors (Lipinski definition) is 1. The van der Waals surface area contributed by atoms with E-state index in [0.29, 0.717) is 12.2 Å². The van der Waals surface area contributed by atoms with Gasteiger partial charge in [0.2, 0.25) is 0 Å². The van der Waals surface area contributed by atoms with Crippen LogP contribution in [0.5, 0.6) is 0 Å². The first-order valence-electron chi connectivity index (χ1n) is 8.37. The number of benzene rings is 1. The third-order valence-corrected chi connectivity index (χ3v) is 5.69. The molecule has 1 aliphatic rings. The Morgan fingerprint density at radius 2 is 2.08 bits per heavy atom. The maximum atomic E-state index is 12.7. The van der Waals surface area contributed by atoms with Gasteiger partial charge in [-0.25, -0.2) is 0 Å². The van der Waals surface area contributed by atoms with Crippen LogP contribution in [0.25, 0.3) is 10.1 Å². The lowest BCUT2D eigenvalue weighted by atomic mass is 10.2. The van der Waals surface area contributed by atoms with Gasteiger partial charge in [0.05, 0.1) is 5.00 Å². The molecule has 1 saturated heterocycles. The summed E-state index contributed by atoms with van der Waals surface area (Å²) in [5.41, 5.74) is 1.68. The lowest BCUT2D eigenvalue weighted by Crippen LogP contribution is -2.28. The molecule has 0 bridgehead atoms. The Morgan fingerprint density at radius 1 is 1.24 bits per heavy atom. The number of likely N-dealkylation sites (tertiary alicyclic amines) is 1. The summed E-state index contributed by atoms with van der Waals surface area (Å²) in [5, 5.41) is 6.11. The summed E-state index contributed by atoms with van der Waals surface area (Å²) in [6, 6.07) is 11.8. The van der Waals surface area contributed by atoms with E-state index in [0.717, 1.165) is 51.6 Å². The van der Waals surface area contributed by atoms with Crippen LogP contribution in [-0.4, -0.2) is 28.9 Å². The number of pyridine rings is 1. The molecule has 1 fully saturated rings. The van der Waals surface area contributed by atoms with Gasteiger partial charge in [-0.15, -0.1) is 11.3 Å². The molecule has 0 radical (unpaired) electrons. The number of hydrogen-bond acceptors (Lipinski definition) is 4. The smallest absolute Gasteiger partial charge is 0.273 e. The van der Waals surface area contributed by atoms with Crippen molar-refractivity contribution < 1.29 is 4.79 Å². The number of aromatic nitrogens is 1. The zero-order chi connectivity index (χ0) is 17.2. The molecule has 128 valence electrons. The largest absolute Gasteiger partial charge is 0.373 e. The first kappa shape index (κ1) is 16.4. The fourth-order valence-electron chi connectivity index (χ4n) is 3.13. The zero-order valence-corrected chi connectivity index (χ0v) is 15.2. The van der Waals surface area contributed by atoms with Crippen molar-refractivity contribution in [1.29, 1.82) is 0 Å². The molecule has 2 aromatic heterocycles. The Bertz CT molecular complexity index is 918. The van der Waals surface area contributed by atoms with Crippen LogP contribution in [0.15, 0.2) is 42.6 Å². The Hall–Kier alpha value is -2.11. The fourth-order valence-corrected chi connectivity index (χ4v) is 4.29. The van der Waals surface area contributed by atoms with E-state index in [2.05, 4.69) is 10.3 Å². The SMILES string of the molecule is O=C(c1nccc2sc(NCc3cccc(Cl)c3)cc12)N1CCCC1. The number of thiophene rings is 1. The monoisotopic (exact) mass is 371 g/mol. The molecule has 0 spiro atoms. The average Bonchev–Trinajstić information content (AvgIpc) is 3.28. The number of fused-ring (bicyclic) bond motifs is 1. The summed E-state index contributed by atoms with van der Waals surface area (Å²) >= 11 is 7.67. The van der Waals surface area contributed by atoms with Crippen LogP contribution in [0.1, 0.15) is 28.9 Å². The van der Waals surface area contributed by atoms with Crippen LogP contribution in [0.4, 0.5) is 5.00 Å². The van der Waals surface area contributed by atoms with Crippen LogP contribution in [-0.2, 0) is 6.54 Å². The number of amides is 1. The molecule has 1 aromatic carbocycles. The van der Waals surface area contributed by atoms with Crippen LogP contribution < -0.4 is 5.32 Å². The highest BCUT2D eigenvalue weighted by molar-refractivity contribution is 7.22. The van der Waals surface area contributed by atoms with Crippen molar-refractivity contribution in [3.05, 3.63) is 58.9 Å². The summed E-state index contributed by atoms with van der Waals surface area (Å²) in [7, 11) is 0. The lowest BCUT2D eigenvalue weighted by Gasteiger charge is -2.14. The molecule has 25 heavy (non-hydrogen) atoms. The van der Waals surface area contributed by atoms with E-state index in [9.17, 15) is 4.79 Å². The van der Waals surface area contributed by atoms with Gasteiger partial charge in [-0.05, 0) is 42.7 Å². The maximum Gasteiger partial charge on any atom is 0.273 e. The molecule has 4 nitrogen and oxygen atoms in total. The summed E-state index contributed by atoms with van der Waals surface area (Å²) < 4.78 is 1.08. The van der Waals surface area contributed by atoms with Crippen molar-refractivity contribution >= 4 is 43.9 Å². The normalized spacial score (nSPS) is 14.2. The van der Waals surface area contributed by atoms with Crippen LogP contribution in [0.2, 0.25) is 5.02 Å². The molecular formula is C19H18ClN3OS. The lowest BCUT2D eigenvalue weighted by molar-refractivity contribution is 0.0789. The molecule has 1 N–H and O–H groups in total. The van der Waals surface area contributed by atoms with Crippen molar-refractivity contribution in [2.45, 2.75) is 19.4 Å². The Kier molecular flexibility index (Phi) is 4.59. The number of nitrogens with zero attached hydrogens (tertiary/aromatic N) is 2. The second-order valence-corrected chi connectivity index (χ2v) is 7.69. The summed E-state index contributed by atoms with van der Waals surface area (Å²) in [5.74, 6) is 0.0438. The number of rotatable bonds is 4. The first-order chi connectivity index (χ1) is 12.2. The number of nitrogens with one attached hydrogen (secondary N) is 1. The third-order valence-electron chi connectivity index (χ3n) is 4.40. The molecule has 1 aliphatic heterocycles. The average molecular weight is 372 g/mol. The standard InChI is InChI=1S/C19H18ClN3OS/c20-14-5-3-4-13(10-14)12-22-17-11-15-16(25-17)6-7-21-18(15)19(24)23-8-1-2-9-23/h3-7,10-11,22H,1-2,8-9,12H2. The van der Waals surface area contributed by atoms with E-state index < -0.39 is 0 Å². The predicted molar refractivity (Wildman–Crippen MR) is 104 cm³/mol. The van der Waals surface area contributed by atoms with E-state index >= 15 is 0 Å². The number of carbonyl (C=O) groups is 1. The Morgan fingerprint density at radius 3 is 2.88 bits per heavy atom. The molecule has 1 amide bonds. The molecule has 3 aromatic rings. The van der Waals surface area contributed by atoms with Crippen LogP contribution in [0, 0.1) is 0 Å².